The first-order chi connectivity index (χ1) is 10.6. The zero-order chi connectivity index (χ0) is 17.8. The van der Waals surface area contributed by atoms with Crippen molar-refractivity contribution in [1.82, 2.24) is 0 Å². The molecule has 130 valence electrons. The second-order valence-electron chi connectivity index (χ2n) is 7.47. The molecule has 0 spiro atoms. The number of alkyl halides is 1. The molecule has 1 rings (SSSR count). The Morgan fingerprint density at radius 3 is 2.26 bits per heavy atom. The minimum Gasteiger partial charge on any atom is -0.493 e. The normalized spacial score (nSPS) is 12.2. The van der Waals surface area contributed by atoms with Gasteiger partial charge in [-0.2, -0.15) is 0 Å². The largest absolute Gasteiger partial charge is 0.493 e. The quantitative estimate of drug-likeness (QED) is 0.568. The van der Waals surface area contributed by atoms with E-state index >= 15 is 0 Å². The summed E-state index contributed by atoms with van der Waals surface area (Å²) in [7, 11) is 1.60. The lowest BCUT2D eigenvalue weighted by atomic mass is 9.84. The number of carbonyl (C=O) groups excluding carboxylic acids is 1. The Kier molecular flexibility index (Phi) is 6.66. The van der Waals surface area contributed by atoms with E-state index in [4.69, 9.17) is 9.47 Å². The molecule has 0 saturated heterocycles. The van der Waals surface area contributed by atoms with Gasteiger partial charge in [0.05, 0.1) is 25.7 Å². The van der Waals surface area contributed by atoms with Crippen LogP contribution in [0.5, 0.6) is 11.5 Å². The summed E-state index contributed by atoms with van der Waals surface area (Å²) >= 11 is 3.21. The van der Waals surface area contributed by atoms with Crippen LogP contribution in [0.2, 0.25) is 0 Å². The Hall–Kier alpha value is -1.07. The van der Waals surface area contributed by atoms with Crippen LogP contribution >= 0.6 is 15.9 Å². The molecule has 0 amide bonds. The van der Waals surface area contributed by atoms with Gasteiger partial charge in [-0.15, -0.1) is 0 Å². The molecule has 23 heavy (non-hydrogen) atoms. The smallest absolute Gasteiger partial charge is 0.173 e. The zero-order valence-electron chi connectivity index (χ0n) is 14.8. The van der Waals surface area contributed by atoms with Crippen LogP contribution in [0.4, 0.5) is 0 Å². The van der Waals surface area contributed by atoms with Crippen molar-refractivity contribution in [3.63, 3.8) is 0 Å². The Bertz CT molecular complexity index is 559. The maximum atomic E-state index is 12.1. The molecular formula is C18H27BrO4. The Morgan fingerprint density at radius 1 is 1.22 bits per heavy atom. The number of hydrogen-bond donors (Lipinski definition) is 1. The van der Waals surface area contributed by atoms with E-state index in [1.807, 2.05) is 19.9 Å². The first kappa shape index (κ1) is 20.0. The van der Waals surface area contributed by atoms with Crippen LogP contribution in [-0.4, -0.2) is 36.5 Å². The summed E-state index contributed by atoms with van der Waals surface area (Å²) < 4.78 is 11.5. The molecule has 0 heterocycles. The molecule has 4 nitrogen and oxygen atoms in total. The van der Waals surface area contributed by atoms with Gasteiger partial charge in [-0.05, 0) is 17.5 Å². The molecule has 1 N–H and O–H groups in total. The van der Waals surface area contributed by atoms with Gasteiger partial charge >= 0.3 is 0 Å². The highest BCUT2D eigenvalue weighted by molar-refractivity contribution is 9.09. The SMILES string of the molecule is COc1c(OCC(C)(C)CO)cc(C(=O)CBr)cc1C(C)(C)C. The maximum Gasteiger partial charge on any atom is 0.173 e. The zero-order valence-corrected chi connectivity index (χ0v) is 16.4. The molecule has 0 bridgehead atoms. The third kappa shape index (κ3) is 5.21. The fraction of sp³-hybridized carbons (Fsp3) is 0.611. The third-order valence-corrected chi connectivity index (χ3v) is 4.07. The Morgan fingerprint density at radius 2 is 1.83 bits per heavy atom. The minimum absolute atomic E-state index is 0.00979. The number of halogens is 1. The molecule has 0 fully saturated rings. The van der Waals surface area contributed by atoms with Gasteiger partial charge in [0.2, 0.25) is 0 Å². The van der Waals surface area contributed by atoms with Crippen molar-refractivity contribution in [2.75, 3.05) is 25.7 Å². The molecule has 0 unspecified atom stereocenters. The number of aliphatic hydroxyl groups excluding tert-OH is 1. The van der Waals surface area contributed by atoms with E-state index in [0.717, 1.165) is 5.56 Å². The second kappa shape index (κ2) is 7.67. The fourth-order valence-corrected chi connectivity index (χ4v) is 2.36. The van der Waals surface area contributed by atoms with Crippen LogP contribution in [0.25, 0.3) is 0 Å². The van der Waals surface area contributed by atoms with Gasteiger partial charge < -0.3 is 14.6 Å². The molecular weight excluding hydrogens is 360 g/mol. The minimum atomic E-state index is -0.373. The van der Waals surface area contributed by atoms with E-state index in [0.29, 0.717) is 23.7 Å². The Balaban J connectivity index is 3.38. The number of benzene rings is 1. The van der Waals surface area contributed by atoms with Crippen molar-refractivity contribution < 1.29 is 19.4 Å². The summed E-state index contributed by atoms with van der Waals surface area (Å²) in [6.07, 6.45) is 0. The molecule has 5 heteroatoms. The number of carbonyl (C=O) groups is 1. The van der Waals surface area contributed by atoms with Crippen LogP contribution < -0.4 is 9.47 Å². The number of hydrogen-bond acceptors (Lipinski definition) is 4. The van der Waals surface area contributed by atoms with E-state index in [1.54, 1.807) is 13.2 Å². The van der Waals surface area contributed by atoms with E-state index in [1.165, 1.54) is 0 Å². The first-order valence-electron chi connectivity index (χ1n) is 7.61. The average molecular weight is 387 g/mol. The van der Waals surface area contributed by atoms with Crippen molar-refractivity contribution in [3.8, 4) is 11.5 Å². The van der Waals surface area contributed by atoms with Crippen LogP contribution in [0.15, 0.2) is 12.1 Å². The van der Waals surface area contributed by atoms with Crippen molar-refractivity contribution in [2.45, 2.75) is 40.0 Å². The van der Waals surface area contributed by atoms with E-state index in [9.17, 15) is 9.90 Å². The van der Waals surface area contributed by atoms with Crippen molar-refractivity contribution in [2.24, 2.45) is 5.41 Å². The maximum absolute atomic E-state index is 12.1. The number of rotatable bonds is 7. The van der Waals surface area contributed by atoms with Gasteiger partial charge in [-0.1, -0.05) is 50.5 Å². The monoisotopic (exact) mass is 386 g/mol. The highest BCUT2D eigenvalue weighted by atomic mass is 79.9. The summed E-state index contributed by atoms with van der Waals surface area (Å²) in [4.78, 5) is 12.1. The number of methoxy groups -OCH3 is 1. The summed E-state index contributed by atoms with van der Waals surface area (Å²) in [5.74, 6) is 1.16. The number of Topliss-reactive ketones (excluding diaryl/α,β-unsaturated/α-hetero) is 1. The standard InChI is InChI=1S/C18H27BrO4/c1-17(2,3)13-7-12(14(21)9-19)8-15(16(13)22-6)23-11-18(4,5)10-20/h7-8,20H,9-11H2,1-6H3. The summed E-state index contributed by atoms with van der Waals surface area (Å²) in [5.41, 5.74) is 0.939. The van der Waals surface area contributed by atoms with Crippen LogP contribution in [0.1, 0.15) is 50.5 Å². The molecule has 0 saturated carbocycles. The van der Waals surface area contributed by atoms with Crippen LogP contribution in [0, 0.1) is 5.41 Å². The average Bonchev–Trinajstić information content (AvgIpc) is 2.50. The van der Waals surface area contributed by atoms with Gasteiger partial charge in [-0.3, -0.25) is 4.79 Å². The lowest BCUT2D eigenvalue weighted by molar-refractivity contribution is 0.0951. The Labute approximate surface area is 147 Å². The van der Waals surface area contributed by atoms with Gasteiger partial charge in [-0.25, -0.2) is 0 Å². The molecule has 0 aliphatic carbocycles. The van der Waals surface area contributed by atoms with E-state index in [2.05, 4.69) is 36.7 Å². The molecule has 0 aliphatic rings. The van der Waals surface area contributed by atoms with Crippen molar-refractivity contribution in [3.05, 3.63) is 23.3 Å². The van der Waals surface area contributed by atoms with Gasteiger partial charge in [0, 0.05) is 16.5 Å². The molecule has 1 aromatic rings. The lowest BCUT2D eigenvalue weighted by Gasteiger charge is -2.27. The topological polar surface area (TPSA) is 55.8 Å². The fourth-order valence-electron chi connectivity index (χ4n) is 2.03. The molecule has 0 radical (unpaired) electrons. The number of ether oxygens (including phenoxy) is 2. The highest BCUT2D eigenvalue weighted by Crippen LogP contribution is 2.40. The molecule has 0 aliphatic heterocycles. The number of ketones is 1. The summed E-state index contributed by atoms with van der Waals surface area (Å²) in [6.45, 7) is 10.4. The second-order valence-corrected chi connectivity index (χ2v) is 8.03. The predicted octanol–water partition coefficient (Wildman–Crippen LogP) is 3.97. The van der Waals surface area contributed by atoms with Crippen LogP contribution in [0.3, 0.4) is 0 Å². The molecule has 0 aromatic heterocycles. The summed E-state index contributed by atoms with van der Waals surface area (Å²) in [6, 6.07) is 3.58. The van der Waals surface area contributed by atoms with Crippen LogP contribution in [-0.2, 0) is 5.41 Å². The van der Waals surface area contributed by atoms with Gasteiger partial charge in [0.25, 0.3) is 0 Å². The van der Waals surface area contributed by atoms with E-state index < -0.39 is 0 Å². The predicted molar refractivity (Wildman–Crippen MR) is 96.2 cm³/mol. The first-order valence-corrected chi connectivity index (χ1v) is 8.73. The molecule has 1 aromatic carbocycles. The van der Waals surface area contributed by atoms with Crippen molar-refractivity contribution in [1.29, 1.82) is 0 Å². The van der Waals surface area contributed by atoms with E-state index in [-0.39, 0.29) is 28.6 Å². The van der Waals surface area contributed by atoms with Gasteiger partial charge in [0.1, 0.15) is 0 Å². The summed E-state index contributed by atoms with van der Waals surface area (Å²) in [5, 5.41) is 9.65. The molecule has 0 atom stereocenters. The number of aliphatic hydroxyl groups is 1. The lowest BCUT2D eigenvalue weighted by Crippen LogP contribution is -2.26. The van der Waals surface area contributed by atoms with Gasteiger partial charge in [0.15, 0.2) is 17.3 Å². The third-order valence-electron chi connectivity index (χ3n) is 3.56. The highest BCUT2D eigenvalue weighted by Gasteiger charge is 2.26. The van der Waals surface area contributed by atoms with Crippen molar-refractivity contribution >= 4 is 21.7 Å².